The Morgan fingerprint density at radius 2 is 2.04 bits per heavy atom. The first-order chi connectivity index (χ1) is 10.9. The number of rotatable bonds is 5. The maximum absolute atomic E-state index is 12.5. The number of carbonyl (C=O) groups is 1. The van der Waals surface area contributed by atoms with Crippen LogP contribution in [0.4, 0.5) is 5.69 Å². The molecule has 1 atom stereocenters. The molecule has 6 nitrogen and oxygen atoms in total. The molecular formula is C15H23N3O3S2. The zero-order valence-electron chi connectivity index (χ0n) is 13.7. The number of hydrogen-bond acceptors (Lipinski definition) is 4. The standard InChI is InChI=1S/C15H23N3O3S2/c1-17(2)23(20,21)18-10-6-7-12(11-18)15(19)16-13-8-4-5-9-14(13)22-3/h4-5,8-9,12H,6-7,10-11H2,1-3H3,(H,16,19). The Kier molecular flexibility index (Phi) is 6.07. The predicted octanol–water partition coefficient (Wildman–Crippen LogP) is 1.87. The average Bonchev–Trinajstić information content (AvgIpc) is 2.55. The quantitative estimate of drug-likeness (QED) is 0.817. The highest BCUT2D eigenvalue weighted by atomic mass is 32.2. The minimum absolute atomic E-state index is 0.120. The largest absolute Gasteiger partial charge is 0.325 e. The lowest BCUT2D eigenvalue weighted by Crippen LogP contribution is -2.47. The summed E-state index contributed by atoms with van der Waals surface area (Å²) in [7, 11) is -0.454. The summed E-state index contributed by atoms with van der Waals surface area (Å²) in [5.74, 6) is -0.446. The van der Waals surface area contributed by atoms with E-state index in [2.05, 4.69) is 5.32 Å². The van der Waals surface area contributed by atoms with E-state index in [0.717, 1.165) is 10.6 Å². The van der Waals surface area contributed by atoms with Crippen LogP contribution < -0.4 is 5.32 Å². The van der Waals surface area contributed by atoms with Crippen molar-refractivity contribution in [2.75, 3.05) is 38.8 Å². The zero-order chi connectivity index (χ0) is 17.0. The highest BCUT2D eigenvalue weighted by Gasteiger charge is 2.33. The first-order valence-corrected chi connectivity index (χ1v) is 10.1. The molecule has 0 bridgehead atoms. The second-order valence-electron chi connectivity index (χ2n) is 5.68. The molecule has 0 aliphatic carbocycles. The minimum Gasteiger partial charge on any atom is -0.325 e. The third-order valence-corrected chi connectivity index (χ3v) is 6.61. The fourth-order valence-electron chi connectivity index (χ4n) is 2.58. The van der Waals surface area contributed by atoms with Crippen LogP contribution in [0, 0.1) is 5.92 Å². The third kappa shape index (κ3) is 4.26. The molecule has 0 saturated carbocycles. The molecule has 0 radical (unpaired) electrons. The Morgan fingerprint density at radius 3 is 2.70 bits per heavy atom. The molecule has 128 valence electrons. The highest BCUT2D eigenvalue weighted by molar-refractivity contribution is 7.98. The Balaban J connectivity index is 2.08. The Morgan fingerprint density at radius 1 is 1.35 bits per heavy atom. The van der Waals surface area contributed by atoms with Gasteiger partial charge in [0.15, 0.2) is 0 Å². The molecule has 1 unspecified atom stereocenters. The van der Waals surface area contributed by atoms with Gasteiger partial charge in [0.2, 0.25) is 5.91 Å². The van der Waals surface area contributed by atoms with Gasteiger partial charge in [-0.15, -0.1) is 11.8 Å². The van der Waals surface area contributed by atoms with Crippen LogP contribution in [0.15, 0.2) is 29.2 Å². The van der Waals surface area contributed by atoms with Crippen molar-refractivity contribution in [2.24, 2.45) is 5.92 Å². The molecule has 1 aromatic carbocycles. The predicted molar refractivity (Wildman–Crippen MR) is 93.8 cm³/mol. The van der Waals surface area contributed by atoms with E-state index in [-0.39, 0.29) is 18.4 Å². The number of piperidine rings is 1. The molecule has 23 heavy (non-hydrogen) atoms. The van der Waals surface area contributed by atoms with Crippen molar-refractivity contribution in [2.45, 2.75) is 17.7 Å². The molecule has 1 heterocycles. The normalized spacial score (nSPS) is 19.7. The van der Waals surface area contributed by atoms with E-state index >= 15 is 0 Å². The van der Waals surface area contributed by atoms with Crippen molar-refractivity contribution in [1.82, 2.24) is 8.61 Å². The van der Waals surface area contributed by atoms with Gasteiger partial charge in [-0.25, -0.2) is 0 Å². The van der Waals surface area contributed by atoms with Crippen LogP contribution in [0.3, 0.4) is 0 Å². The smallest absolute Gasteiger partial charge is 0.281 e. The van der Waals surface area contributed by atoms with Crippen LogP contribution in [-0.4, -0.2) is 56.4 Å². The molecule has 2 rings (SSSR count). The minimum atomic E-state index is -3.47. The fourth-order valence-corrected chi connectivity index (χ4v) is 4.32. The molecular weight excluding hydrogens is 334 g/mol. The number of thioether (sulfide) groups is 1. The van der Waals surface area contributed by atoms with Crippen molar-refractivity contribution in [3.63, 3.8) is 0 Å². The van der Waals surface area contributed by atoms with E-state index in [1.807, 2.05) is 30.5 Å². The van der Waals surface area contributed by atoms with Gasteiger partial charge in [0.05, 0.1) is 11.6 Å². The Bertz CT molecular complexity index is 662. The maximum Gasteiger partial charge on any atom is 0.281 e. The van der Waals surface area contributed by atoms with Crippen molar-refractivity contribution in [3.05, 3.63) is 24.3 Å². The van der Waals surface area contributed by atoms with E-state index < -0.39 is 10.2 Å². The lowest BCUT2D eigenvalue weighted by atomic mass is 9.99. The van der Waals surface area contributed by atoms with Crippen LogP contribution in [0.1, 0.15) is 12.8 Å². The van der Waals surface area contributed by atoms with E-state index in [9.17, 15) is 13.2 Å². The number of amides is 1. The van der Waals surface area contributed by atoms with Crippen LogP contribution >= 0.6 is 11.8 Å². The van der Waals surface area contributed by atoms with E-state index in [4.69, 9.17) is 0 Å². The van der Waals surface area contributed by atoms with Gasteiger partial charge in [-0.2, -0.15) is 17.0 Å². The number of hydrogen-bond donors (Lipinski definition) is 1. The number of nitrogens with zero attached hydrogens (tertiary/aromatic N) is 2. The van der Waals surface area contributed by atoms with Crippen molar-refractivity contribution in [3.8, 4) is 0 Å². The lowest BCUT2D eigenvalue weighted by Gasteiger charge is -2.32. The maximum atomic E-state index is 12.5. The monoisotopic (exact) mass is 357 g/mol. The van der Waals surface area contributed by atoms with Crippen LogP contribution in [0.2, 0.25) is 0 Å². The summed E-state index contributed by atoms with van der Waals surface area (Å²) in [5.41, 5.74) is 0.776. The number of nitrogens with one attached hydrogen (secondary N) is 1. The van der Waals surface area contributed by atoms with Crippen LogP contribution in [0.25, 0.3) is 0 Å². The third-order valence-electron chi connectivity index (χ3n) is 3.91. The summed E-state index contributed by atoms with van der Waals surface area (Å²) in [6.07, 6.45) is 3.35. The molecule has 1 aliphatic rings. The molecule has 0 aromatic heterocycles. The van der Waals surface area contributed by atoms with E-state index in [1.54, 1.807) is 11.8 Å². The van der Waals surface area contributed by atoms with Crippen molar-refractivity contribution >= 4 is 33.6 Å². The molecule has 0 spiro atoms. The second-order valence-corrected chi connectivity index (χ2v) is 8.67. The summed E-state index contributed by atoms with van der Waals surface area (Å²) in [5, 5.41) is 2.94. The van der Waals surface area contributed by atoms with Gasteiger partial charge >= 0.3 is 0 Å². The number of anilines is 1. The first-order valence-electron chi connectivity index (χ1n) is 7.47. The molecule has 8 heteroatoms. The van der Waals surface area contributed by atoms with Gasteiger partial charge in [0.25, 0.3) is 10.2 Å². The van der Waals surface area contributed by atoms with Crippen molar-refractivity contribution < 1.29 is 13.2 Å². The van der Waals surface area contributed by atoms with Gasteiger partial charge in [-0.3, -0.25) is 4.79 Å². The molecule has 1 N–H and O–H groups in total. The summed E-state index contributed by atoms with van der Waals surface area (Å²) < 4.78 is 27.0. The van der Waals surface area contributed by atoms with Crippen molar-refractivity contribution in [1.29, 1.82) is 0 Å². The lowest BCUT2D eigenvalue weighted by molar-refractivity contribution is -0.120. The average molecular weight is 358 g/mol. The second kappa shape index (κ2) is 7.65. The molecule has 1 fully saturated rings. The summed E-state index contributed by atoms with van der Waals surface area (Å²) in [4.78, 5) is 13.5. The fraction of sp³-hybridized carbons (Fsp3) is 0.533. The highest BCUT2D eigenvalue weighted by Crippen LogP contribution is 2.27. The first kappa shape index (κ1) is 18.3. The topological polar surface area (TPSA) is 69.7 Å². The summed E-state index contributed by atoms with van der Waals surface area (Å²) >= 11 is 1.57. The van der Waals surface area contributed by atoms with Crippen LogP contribution in [0.5, 0.6) is 0 Å². The Labute approximate surface area is 142 Å². The van der Waals surface area contributed by atoms with Gasteiger partial charge in [-0.05, 0) is 31.2 Å². The zero-order valence-corrected chi connectivity index (χ0v) is 15.3. The SMILES string of the molecule is CSc1ccccc1NC(=O)C1CCCN(S(=O)(=O)N(C)C)C1. The molecule has 1 saturated heterocycles. The van der Waals surface area contributed by atoms with Gasteiger partial charge in [0.1, 0.15) is 0 Å². The van der Waals surface area contributed by atoms with Crippen LogP contribution in [-0.2, 0) is 15.0 Å². The number of benzene rings is 1. The molecule has 1 aromatic rings. The van der Waals surface area contributed by atoms with Gasteiger partial charge in [0, 0.05) is 32.1 Å². The molecule has 1 amide bonds. The summed E-state index contributed by atoms with van der Waals surface area (Å²) in [6, 6.07) is 7.61. The van der Waals surface area contributed by atoms with Gasteiger partial charge in [-0.1, -0.05) is 12.1 Å². The number of para-hydroxylation sites is 1. The summed E-state index contributed by atoms with van der Waals surface area (Å²) in [6.45, 7) is 0.694. The Hall–Kier alpha value is -1.09. The molecule has 1 aliphatic heterocycles. The van der Waals surface area contributed by atoms with E-state index in [1.165, 1.54) is 22.7 Å². The number of carbonyl (C=O) groups excluding carboxylic acids is 1. The van der Waals surface area contributed by atoms with Gasteiger partial charge < -0.3 is 5.32 Å². The van der Waals surface area contributed by atoms with E-state index in [0.29, 0.717) is 19.4 Å².